The Morgan fingerprint density at radius 3 is 2.59 bits per heavy atom. The molecular weight excluding hydrogens is 413 g/mol. The molecule has 0 saturated heterocycles. The average molecular weight is 423 g/mol. The van der Waals surface area contributed by atoms with Crippen LogP contribution in [-0.4, -0.2) is 16.1 Å². The molecule has 0 saturated carbocycles. The van der Waals surface area contributed by atoms with Crippen LogP contribution >= 0.6 is 34.4 Å². The number of halogens is 1. The van der Waals surface area contributed by atoms with Crippen molar-refractivity contribution in [2.45, 2.75) is 5.22 Å². The molecule has 1 aromatic heterocycles. The minimum absolute atomic E-state index is 0.160. The van der Waals surface area contributed by atoms with E-state index in [-0.39, 0.29) is 4.91 Å². The summed E-state index contributed by atoms with van der Waals surface area (Å²) in [5.74, 6) is -1.01. The third-order valence-electron chi connectivity index (χ3n) is 2.85. The number of rotatable bonds is 4. The van der Waals surface area contributed by atoms with Crippen LogP contribution in [0.3, 0.4) is 0 Å². The first-order valence-corrected chi connectivity index (χ1v) is 8.25. The molecule has 4 nitrogen and oxygen atoms in total. The van der Waals surface area contributed by atoms with Gasteiger partial charge >= 0.3 is 5.97 Å². The highest BCUT2D eigenvalue weighted by Crippen LogP contribution is 2.30. The summed E-state index contributed by atoms with van der Waals surface area (Å²) >= 11 is 3.21. The van der Waals surface area contributed by atoms with Gasteiger partial charge in [0, 0.05) is 3.57 Å². The van der Waals surface area contributed by atoms with Gasteiger partial charge in [-0.2, -0.15) is 0 Å². The van der Waals surface area contributed by atoms with Gasteiger partial charge in [0.25, 0.3) is 5.22 Å². The van der Waals surface area contributed by atoms with Crippen LogP contribution in [0, 0.1) is 3.57 Å². The van der Waals surface area contributed by atoms with Gasteiger partial charge in [0.2, 0.25) is 0 Å². The second kappa shape index (κ2) is 6.53. The van der Waals surface area contributed by atoms with Crippen LogP contribution in [0.4, 0.5) is 0 Å². The maximum atomic E-state index is 11.4. The fraction of sp³-hybridized carbons (Fsp3) is 0. The van der Waals surface area contributed by atoms with E-state index in [0.717, 1.165) is 20.9 Å². The van der Waals surface area contributed by atoms with Crippen LogP contribution in [0.5, 0.6) is 0 Å². The zero-order valence-electron chi connectivity index (χ0n) is 11.2. The molecule has 0 spiro atoms. The van der Waals surface area contributed by atoms with E-state index in [1.807, 2.05) is 42.5 Å². The molecule has 3 rings (SSSR count). The van der Waals surface area contributed by atoms with Crippen molar-refractivity contribution in [3.05, 3.63) is 62.6 Å². The Balaban J connectivity index is 1.91. The predicted octanol–water partition coefficient (Wildman–Crippen LogP) is 4.65. The lowest BCUT2D eigenvalue weighted by Crippen LogP contribution is -1.96. The molecule has 0 fully saturated rings. The Bertz CT molecular complexity index is 822. The average Bonchev–Trinajstić information content (AvgIpc) is 2.91. The third kappa shape index (κ3) is 3.50. The van der Waals surface area contributed by atoms with Gasteiger partial charge in [-0.3, -0.25) is 0 Å². The molecule has 110 valence electrons. The monoisotopic (exact) mass is 423 g/mol. The first-order chi connectivity index (χ1) is 10.6. The van der Waals surface area contributed by atoms with Crippen molar-refractivity contribution in [2.24, 2.45) is 0 Å². The number of aromatic nitrogens is 1. The Kier molecular flexibility index (Phi) is 4.49. The zero-order valence-corrected chi connectivity index (χ0v) is 14.2. The Hall–Kier alpha value is -1.80. The summed E-state index contributed by atoms with van der Waals surface area (Å²) in [6, 6.07) is 14.9. The fourth-order valence-electron chi connectivity index (χ4n) is 1.83. The number of carbonyl (C=O) groups is 1. The number of aliphatic carboxylic acids is 1. The number of nitrogens with zero attached hydrogens (tertiary/aromatic N) is 1. The molecule has 1 N–H and O–H groups in total. The van der Waals surface area contributed by atoms with E-state index in [4.69, 9.17) is 4.42 Å². The number of oxazole rings is 1. The molecule has 0 aliphatic heterocycles. The predicted molar refractivity (Wildman–Crippen MR) is 94.6 cm³/mol. The fourth-order valence-corrected chi connectivity index (χ4v) is 2.94. The summed E-state index contributed by atoms with van der Waals surface area (Å²) in [4.78, 5) is 15.9. The van der Waals surface area contributed by atoms with Crippen LogP contribution in [0.25, 0.3) is 17.2 Å². The smallest absolute Gasteiger partial charge is 0.342 e. The van der Waals surface area contributed by atoms with Gasteiger partial charge in [0.1, 0.15) is 10.4 Å². The number of hydrogen-bond donors (Lipinski definition) is 1. The van der Waals surface area contributed by atoms with Gasteiger partial charge in [-0.25, -0.2) is 9.78 Å². The van der Waals surface area contributed by atoms with Gasteiger partial charge in [-0.1, -0.05) is 24.3 Å². The van der Waals surface area contributed by atoms with E-state index in [9.17, 15) is 9.90 Å². The van der Waals surface area contributed by atoms with E-state index >= 15 is 0 Å². The molecule has 3 aromatic rings. The van der Waals surface area contributed by atoms with Gasteiger partial charge in [0.05, 0.1) is 0 Å². The van der Waals surface area contributed by atoms with Crippen LogP contribution < -0.4 is 0 Å². The number of hydrogen-bond acceptors (Lipinski definition) is 4. The Labute approximate surface area is 144 Å². The highest BCUT2D eigenvalue weighted by Gasteiger charge is 2.14. The zero-order chi connectivity index (χ0) is 15.5. The van der Waals surface area contributed by atoms with Crippen molar-refractivity contribution >= 4 is 57.5 Å². The Morgan fingerprint density at radius 1 is 1.18 bits per heavy atom. The van der Waals surface area contributed by atoms with Gasteiger partial charge in [-0.15, -0.1) is 0 Å². The minimum Gasteiger partial charge on any atom is -0.477 e. The van der Waals surface area contributed by atoms with Crippen LogP contribution in [0.15, 0.2) is 63.1 Å². The molecular formula is C16H10INO3S. The topological polar surface area (TPSA) is 63.3 Å². The minimum atomic E-state index is -1.01. The van der Waals surface area contributed by atoms with Crippen LogP contribution in [0.1, 0.15) is 5.56 Å². The summed E-state index contributed by atoms with van der Waals surface area (Å²) in [6.45, 7) is 0. The van der Waals surface area contributed by atoms with Crippen molar-refractivity contribution in [3.63, 3.8) is 0 Å². The summed E-state index contributed by atoms with van der Waals surface area (Å²) in [5, 5.41) is 9.69. The molecule has 22 heavy (non-hydrogen) atoms. The van der Waals surface area contributed by atoms with Crippen molar-refractivity contribution in [1.82, 2.24) is 4.98 Å². The molecule has 0 amide bonds. The lowest BCUT2D eigenvalue weighted by Gasteiger charge is -1.99. The summed E-state index contributed by atoms with van der Waals surface area (Å²) < 4.78 is 6.65. The van der Waals surface area contributed by atoms with Crippen molar-refractivity contribution in [2.75, 3.05) is 0 Å². The largest absolute Gasteiger partial charge is 0.477 e. The molecule has 0 unspecified atom stereocenters. The Morgan fingerprint density at radius 2 is 1.91 bits per heavy atom. The number of para-hydroxylation sites is 2. The standard InChI is InChI=1S/C16H10INO3S/c17-11-7-5-10(6-8-11)9-14(15(19)20)22-16-18-12-3-1-2-4-13(12)21-16/h1-9H,(H,19,20)/b14-9-. The molecule has 0 radical (unpaired) electrons. The van der Waals surface area contributed by atoms with E-state index in [1.54, 1.807) is 12.1 Å². The van der Waals surface area contributed by atoms with E-state index in [2.05, 4.69) is 27.6 Å². The number of fused-ring (bicyclic) bond motifs is 1. The van der Waals surface area contributed by atoms with E-state index < -0.39 is 5.97 Å². The number of carboxylic acid groups (broad SMARTS) is 1. The highest BCUT2D eigenvalue weighted by atomic mass is 127. The van der Waals surface area contributed by atoms with Gasteiger partial charge < -0.3 is 9.52 Å². The molecule has 0 atom stereocenters. The van der Waals surface area contributed by atoms with Gasteiger partial charge in [0.15, 0.2) is 5.58 Å². The molecule has 0 bridgehead atoms. The SMILES string of the molecule is O=C(O)/C(=C/c1ccc(I)cc1)Sc1nc2ccccc2o1. The maximum absolute atomic E-state index is 11.4. The molecule has 6 heteroatoms. The van der Waals surface area contributed by atoms with Crippen molar-refractivity contribution in [1.29, 1.82) is 0 Å². The van der Waals surface area contributed by atoms with Crippen molar-refractivity contribution < 1.29 is 14.3 Å². The van der Waals surface area contributed by atoms with Crippen molar-refractivity contribution in [3.8, 4) is 0 Å². The van der Waals surface area contributed by atoms with Gasteiger partial charge in [-0.05, 0) is 70.3 Å². The van der Waals surface area contributed by atoms with E-state index in [1.165, 1.54) is 0 Å². The van der Waals surface area contributed by atoms with Crippen LogP contribution in [0.2, 0.25) is 0 Å². The first-order valence-electron chi connectivity index (χ1n) is 6.36. The highest BCUT2D eigenvalue weighted by molar-refractivity contribution is 14.1. The number of thioether (sulfide) groups is 1. The molecule has 1 heterocycles. The van der Waals surface area contributed by atoms with Crippen LogP contribution in [-0.2, 0) is 4.79 Å². The second-order valence-corrected chi connectivity index (χ2v) is 6.65. The number of carboxylic acids is 1. The summed E-state index contributed by atoms with van der Waals surface area (Å²) in [6.07, 6.45) is 1.61. The lowest BCUT2D eigenvalue weighted by molar-refractivity contribution is -0.131. The first kappa shape index (κ1) is 15.1. The summed E-state index contributed by atoms with van der Waals surface area (Å²) in [7, 11) is 0. The number of benzene rings is 2. The normalized spacial score (nSPS) is 11.8. The van der Waals surface area contributed by atoms with E-state index in [0.29, 0.717) is 16.3 Å². The quantitative estimate of drug-likeness (QED) is 0.376. The third-order valence-corrected chi connectivity index (χ3v) is 4.43. The molecule has 2 aromatic carbocycles. The maximum Gasteiger partial charge on any atom is 0.342 e. The summed E-state index contributed by atoms with van der Waals surface area (Å²) in [5.41, 5.74) is 2.18. The molecule has 0 aliphatic rings. The molecule has 0 aliphatic carbocycles. The second-order valence-electron chi connectivity index (χ2n) is 4.41. The lowest BCUT2D eigenvalue weighted by atomic mass is 10.2.